The van der Waals surface area contributed by atoms with E-state index < -0.39 is 0 Å². The molecule has 130 valence electrons. The topological polar surface area (TPSA) is 63.2 Å². The smallest absolute Gasteiger partial charge is 0.227 e. The summed E-state index contributed by atoms with van der Waals surface area (Å²) in [5.74, 6) is 1.58. The first-order chi connectivity index (χ1) is 10.8. The van der Waals surface area contributed by atoms with Gasteiger partial charge in [-0.05, 0) is 50.2 Å². The number of halogens is 2. The third-order valence-electron chi connectivity index (χ3n) is 3.70. The summed E-state index contributed by atoms with van der Waals surface area (Å²) in [4.78, 5) is 16.2. The molecule has 2 N–H and O–H groups in total. The molecule has 0 atom stereocenters. The van der Waals surface area contributed by atoms with Crippen LogP contribution in [0, 0.1) is 5.92 Å². The second kappa shape index (κ2) is 10.1. The Morgan fingerprint density at radius 2 is 1.79 bits per heavy atom. The van der Waals surface area contributed by atoms with Crippen LogP contribution in [-0.4, -0.2) is 24.0 Å². The molecule has 0 unspecified atom stereocenters. The first-order valence-electron chi connectivity index (χ1n) is 7.51. The molecule has 0 spiro atoms. The molecule has 1 aromatic carbocycles. The summed E-state index contributed by atoms with van der Waals surface area (Å²) in [6.07, 6.45) is 5.13. The fourth-order valence-corrected chi connectivity index (χ4v) is 2.51. The number of piperidine rings is 1. The number of hydrogen-bond donors (Lipinski definition) is 2. The van der Waals surface area contributed by atoms with Crippen LogP contribution in [0.4, 0.5) is 5.69 Å². The maximum atomic E-state index is 12.2. The molecule has 1 aromatic heterocycles. The van der Waals surface area contributed by atoms with Gasteiger partial charge in [-0.1, -0.05) is 6.07 Å². The molecule has 5 nitrogen and oxygen atoms in total. The average molecular weight is 370 g/mol. The number of hydrogen-bond acceptors (Lipinski definition) is 4. The quantitative estimate of drug-likeness (QED) is 0.862. The minimum Gasteiger partial charge on any atom is -0.457 e. The molecular formula is C17H21Cl2N3O2. The van der Waals surface area contributed by atoms with Gasteiger partial charge in [0.1, 0.15) is 11.5 Å². The van der Waals surface area contributed by atoms with E-state index in [4.69, 9.17) is 4.74 Å². The van der Waals surface area contributed by atoms with Crippen molar-refractivity contribution < 1.29 is 9.53 Å². The second-order valence-corrected chi connectivity index (χ2v) is 5.33. The van der Waals surface area contributed by atoms with Crippen molar-refractivity contribution in [3.05, 3.63) is 48.8 Å². The number of anilines is 1. The highest BCUT2D eigenvalue weighted by Crippen LogP contribution is 2.24. The fraction of sp³-hybridized carbons (Fsp3) is 0.294. The van der Waals surface area contributed by atoms with Gasteiger partial charge in [0.15, 0.2) is 0 Å². The summed E-state index contributed by atoms with van der Waals surface area (Å²) in [7, 11) is 0. The molecule has 2 aromatic rings. The molecule has 1 saturated heterocycles. The van der Waals surface area contributed by atoms with E-state index in [1.165, 1.54) is 0 Å². The van der Waals surface area contributed by atoms with Gasteiger partial charge >= 0.3 is 0 Å². The van der Waals surface area contributed by atoms with Crippen molar-refractivity contribution in [3.8, 4) is 11.5 Å². The van der Waals surface area contributed by atoms with Crippen LogP contribution in [0.25, 0.3) is 0 Å². The molecule has 2 heterocycles. The van der Waals surface area contributed by atoms with Gasteiger partial charge in [-0.15, -0.1) is 24.8 Å². The van der Waals surface area contributed by atoms with Crippen molar-refractivity contribution in [3.63, 3.8) is 0 Å². The summed E-state index contributed by atoms with van der Waals surface area (Å²) in [6, 6.07) is 11.0. The highest BCUT2D eigenvalue weighted by Gasteiger charge is 2.20. The predicted octanol–water partition coefficient (Wildman–Crippen LogP) is 3.66. The normalized spacial score (nSPS) is 14.0. The molecular weight excluding hydrogens is 349 g/mol. The van der Waals surface area contributed by atoms with Gasteiger partial charge in [0.2, 0.25) is 5.91 Å². The Hall–Kier alpha value is -1.82. The Bertz CT molecular complexity index is 635. The molecule has 0 aliphatic carbocycles. The van der Waals surface area contributed by atoms with E-state index in [0.717, 1.165) is 37.4 Å². The highest BCUT2D eigenvalue weighted by atomic mass is 35.5. The number of nitrogens with zero attached hydrogens (tertiary/aromatic N) is 1. The third kappa shape index (κ3) is 5.67. The number of carbonyl (C=O) groups excluding carboxylic acids is 1. The van der Waals surface area contributed by atoms with E-state index in [1.807, 2.05) is 24.3 Å². The average Bonchev–Trinajstić information content (AvgIpc) is 2.57. The molecule has 24 heavy (non-hydrogen) atoms. The Morgan fingerprint density at radius 3 is 2.50 bits per heavy atom. The Kier molecular flexibility index (Phi) is 8.54. The zero-order valence-electron chi connectivity index (χ0n) is 13.1. The van der Waals surface area contributed by atoms with Crippen molar-refractivity contribution in [2.75, 3.05) is 18.4 Å². The van der Waals surface area contributed by atoms with Crippen LogP contribution in [0.5, 0.6) is 11.5 Å². The minimum atomic E-state index is 0. The van der Waals surface area contributed by atoms with Gasteiger partial charge in [0.25, 0.3) is 0 Å². The molecule has 0 radical (unpaired) electrons. The number of amides is 1. The zero-order valence-corrected chi connectivity index (χ0v) is 14.7. The van der Waals surface area contributed by atoms with E-state index in [-0.39, 0.29) is 36.6 Å². The lowest BCUT2D eigenvalue weighted by atomic mass is 9.97. The molecule has 0 saturated carbocycles. The van der Waals surface area contributed by atoms with Gasteiger partial charge in [-0.2, -0.15) is 0 Å². The van der Waals surface area contributed by atoms with E-state index in [0.29, 0.717) is 5.75 Å². The second-order valence-electron chi connectivity index (χ2n) is 5.33. The van der Waals surface area contributed by atoms with Crippen molar-refractivity contribution in [2.45, 2.75) is 12.8 Å². The molecule has 3 rings (SSSR count). The summed E-state index contributed by atoms with van der Waals surface area (Å²) in [5.41, 5.74) is 0.759. The first kappa shape index (κ1) is 20.2. The van der Waals surface area contributed by atoms with Gasteiger partial charge in [0, 0.05) is 30.1 Å². The van der Waals surface area contributed by atoms with Crippen LogP contribution in [0.15, 0.2) is 48.8 Å². The minimum absolute atomic E-state index is 0. The van der Waals surface area contributed by atoms with E-state index in [2.05, 4.69) is 15.6 Å². The number of aromatic nitrogens is 1. The lowest BCUT2D eigenvalue weighted by molar-refractivity contribution is -0.120. The predicted molar refractivity (Wildman–Crippen MR) is 99.5 cm³/mol. The fourth-order valence-electron chi connectivity index (χ4n) is 2.51. The largest absolute Gasteiger partial charge is 0.457 e. The van der Waals surface area contributed by atoms with Crippen molar-refractivity contribution in [1.29, 1.82) is 0 Å². The molecule has 7 heteroatoms. The van der Waals surface area contributed by atoms with Gasteiger partial charge in [-0.25, -0.2) is 0 Å². The Labute approximate surface area is 154 Å². The summed E-state index contributed by atoms with van der Waals surface area (Å²) < 4.78 is 5.74. The first-order valence-corrected chi connectivity index (χ1v) is 7.51. The SMILES string of the molecule is Cl.Cl.O=C(Nc1cccc(Oc2ccncc2)c1)C1CCNCC1. The van der Waals surface area contributed by atoms with Crippen LogP contribution >= 0.6 is 24.8 Å². The Balaban J connectivity index is 0.00000144. The van der Waals surface area contributed by atoms with Crippen molar-refractivity contribution in [2.24, 2.45) is 5.92 Å². The lowest BCUT2D eigenvalue weighted by Crippen LogP contribution is -2.34. The summed E-state index contributed by atoms with van der Waals surface area (Å²) in [5, 5.41) is 6.24. The summed E-state index contributed by atoms with van der Waals surface area (Å²) >= 11 is 0. The van der Waals surface area contributed by atoms with E-state index in [1.54, 1.807) is 24.5 Å². The van der Waals surface area contributed by atoms with Crippen LogP contribution in [0.2, 0.25) is 0 Å². The standard InChI is InChI=1S/C17H19N3O2.2ClH/c21-17(13-4-8-18-9-5-13)20-14-2-1-3-16(12-14)22-15-6-10-19-11-7-15;;/h1-3,6-7,10-13,18H,4-5,8-9H2,(H,20,21);2*1H. The van der Waals surface area contributed by atoms with Crippen LogP contribution < -0.4 is 15.4 Å². The molecule has 1 amide bonds. The van der Waals surface area contributed by atoms with Gasteiger partial charge < -0.3 is 15.4 Å². The molecule has 0 bridgehead atoms. The monoisotopic (exact) mass is 369 g/mol. The summed E-state index contributed by atoms with van der Waals surface area (Å²) in [6.45, 7) is 1.81. The third-order valence-corrected chi connectivity index (χ3v) is 3.70. The number of pyridine rings is 1. The molecule has 1 aliphatic rings. The highest BCUT2D eigenvalue weighted by molar-refractivity contribution is 5.92. The van der Waals surface area contributed by atoms with Crippen LogP contribution in [0.1, 0.15) is 12.8 Å². The maximum absolute atomic E-state index is 12.2. The zero-order chi connectivity index (χ0) is 15.2. The van der Waals surface area contributed by atoms with Crippen molar-refractivity contribution in [1.82, 2.24) is 10.3 Å². The Morgan fingerprint density at radius 1 is 1.08 bits per heavy atom. The van der Waals surface area contributed by atoms with E-state index >= 15 is 0 Å². The van der Waals surface area contributed by atoms with Gasteiger partial charge in [-0.3, -0.25) is 9.78 Å². The number of rotatable bonds is 4. The molecule has 1 fully saturated rings. The van der Waals surface area contributed by atoms with E-state index in [9.17, 15) is 4.79 Å². The number of carbonyl (C=O) groups is 1. The van der Waals surface area contributed by atoms with Crippen LogP contribution in [-0.2, 0) is 4.79 Å². The number of ether oxygens (including phenoxy) is 1. The maximum Gasteiger partial charge on any atom is 0.227 e. The number of nitrogens with one attached hydrogen (secondary N) is 2. The number of benzene rings is 1. The van der Waals surface area contributed by atoms with Gasteiger partial charge in [0.05, 0.1) is 0 Å². The van der Waals surface area contributed by atoms with Crippen LogP contribution in [0.3, 0.4) is 0 Å². The lowest BCUT2D eigenvalue weighted by Gasteiger charge is -2.21. The molecule has 1 aliphatic heterocycles. The van der Waals surface area contributed by atoms with Crippen molar-refractivity contribution >= 4 is 36.4 Å².